The Balaban J connectivity index is 3.00. The molecular formula is C12H12O2. The Hall–Kier alpha value is -1.70. The second kappa shape index (κ2) is 2.91. The van der Waals surface area contributed by atoms with Crippen LogP contribution in [-0.4, -0.2) is 10.2 Å². The maximum atomic E-state index is 9.66. The van der Waals surface area contributed by atoms with Crippen LogP contribution in [0.2, 0.25) is 0 Å². The molecule has 2 aromatic carbocycles. The van der Waals surface area contributed by atoms with Crippen molar-refractivity contribution in [2.45, 2.75) is 13.8 Å². The Morgan fingerprint density at radius 1 is 0.929 bits per heavy atom. The maximum absolute atomic E-state index is 9.66. The second-order valence-corrected chi connectivity index (χ2v) is 3.61. The summed E-state index contributed by atoms with van der Waals surface area (Å²) in [5.41, 5.74) is 2.06. The summed E-state index contributed by atoms with van der Waals surface area (Å²) in [5.74, 6) is 0.430. The number of aryl methyl sites for hydroxylation is 2. The van der Waals surface area contributed by atoms with Gasteiger partial charge in [0, 0.05) is 10.8 Å². The predicted molar refractivity (Wildman–Crippen MR) is 56.8 cm³/mol. The van der Waals surface area contributed by atoms with E-state index in [-0.39, 0.29) is 11.5 Å². The van der Waals surface area contributed by atoms with Crippen LogP contribution in [0.15, 0.2) is 24.3 Å². The fraction of sp³-hybridized carbons (Fsp3) is 0.167. The number of benzene rings is 2. The number of hydrogen-bond donors (Lipinski definition) is 2. The molecule has 2 N–H and O–H groups in total. The Bertz CT molecular complexity index is 501. The molecule has 0 saturated heterocycles. The highest BCUT2D eigenvalue weighted by molar-refractivity contribution is 5.95. The van der Waals surface area contributed by atoms with Gasteiger partial charge in [0.05, 0.1) is 0 Å². The molecule has 0 aliphatic heterocycles. The van der Waals surface area contributed by atoms with E-state index < -0.39 is 0 Å². The minimum atomic E-state index is 0.213. The van der Waals surface area contributed by atoms with Gasteiger partial charge in [-0.05, 0) is 37.6 Å². The minimum Gasteiger partial charge on any atom is -0.507 e. The van der Waals surface area contributed by atoms with E-state index in [0.29, 0.717) is 5.39 Å². The molecule has 0 aliphatic rings. The van der Waals surface area contributed by atoms with Gasteiger partial charge in [-0.1, -0.05) is 11.6 Å². The molecule has 0 bridgehead atoms. The molecule has 0 aliphatic carbocycles. The number of aromatic hydroxyl groups is 2. The lowest BCUT2D eigenvalue weighted by atomic mass is 10.0. The van der Waals surface area contributed by atoms with Crippen LogP contribution in [0.4, 0.5) is 0 Å². The first-order valence-electron chi connectivity index (χ1n) is 4.51. The highest BCUT2D eigenvalue weighted by atomic mass is 16.3. The van der Waals surface area contributed by atoms with Crippen molar-refractivity contribution in [3.8, 4) is 11.5 Å². The van der Waals surface area contributed by atoms with Crippen molar-refractivity contribution in [3.63, 3.8) is 0 Å². The zero-order valence-electron chi connectivity index (χ0n) is 8.20. The number of phenols is 2. The molecule has 0 atom stereocenters. The van der Waals surface area contributed by atoms with Crippen molar-refractivity contribution >= 4 is 10.8 Å². The first-order valence-corrected chi connectivity index (χ1v) is 4.51. The molecule has 2 heteroatoms. The molecule has 0 saturated carbocycles. The molecule has 0 unspecified atom stereocenters. The third kappa shape index (κ3) is 1.20. The highest BCUT2D eigenvalue weighted by Crippen LogP contribution is 2.34. The molecule has 0 spiro atoms. The first-order chi connectivity index (χ1) is 6.59. The molecular weight excluding hydrogens is 176 g/mol. The first kappa shape index (κ1) is 8.88. The van der Waals surface area contributed by atoms with Crippen LogP contribution in [-0.2, 0) is 0 Å². The Morgan fingerprint density at radius 2 is 1.57 bits per heavy atom. The van der Waals surface area contributed by atoms with Gasteiger partial charge in [-0.3, -0.25) is 0 Å². The van der Waals surface area contributed by atoms with Gasteiger partial charge in [0.15, 0.2) is 0 Å². The largest absolute Gasteiger partial charge is 0.507 e. The number of hydrogen-bond acceptors (Lipinski definition) is 2. The van der Waals surface area contributed by atoms with Gasteiger partial charge in [-0.25, -0.2) is 0 Å². The average Bonchev–Trinajstić information content (AvgIpc) is 2.10. The van der Waals surface area contributed by atoms with Crippen LogP contribution in [0.3, 0.4) is 0 Å². The monoisotopic (exact) mass is 188 g/mol. The van der Waals surface area contributed by atoms with E-state index >= 15 is 0 Å². The third-order valence-corrected chi connectivity index (χ3v) is 2.41. The zero-order valence-corrected chi connectivity index (χ0v) is 8.20. The Labute approximate surface area is 82.4 Å². The van der Waals surface area contributed by atoms with E-state index in [2.05, 4.69) is 0 Å². The summed E-state index contributed by atoms with van der Waals surface area (Å²) in [4.78, 5) is 0. The molecule has 2 nitrogen and oxygen atoms in total. The smallest absolute Gasteiger partial charge is 0.123 e. The molecule has 0 radical (unpaired) electrons. The molecule has 0 heterocycles. The fourth-order valence-corrected chi connectivity index (χ4v) is 1.84. The highest BCUT2D eigenvalue weighted by Gasteiger charge is 2.07. The standard InChI is InChI=1S/C12H12O2/c1-7-5-8(2)12-9(6-7)10(13)3-4-11(12)14/h3-6,13-14H,1-2H3. The second-order valence-electron chi connectivity index (χ2n) is 3.61. The normalized spacial score (nSPS) is 10.7. The van der Waals surface area contributed by atoms with E-state index in [9.17, 15) is 10.2 Å². The topological polar surface area (TPSA) is 40.5 Å². The molecule has 14 heavy (non-hydrogen) atoms. The van der Waals surface area contributed by atoms with Gasteiger partial charge in [0.1, 0.15) is 11.5 Å². The summed E-state index contributed by atoms with van der Waals surface area (Å²) < 4.78 is 0. The third-order valence-electron chi connectivity index (χ3n) is 2.41. The van der Waals surface area contributed by atoms with Gasteiger partial charge in [0.2, 0.25) is 0 Å². The van der Waals surface area contributed by atoms with Crippen molar-refractivity contribution in [1.82, 2.24) is 0 Å². The quantitative estimate of drug-likeness (QED) is 0.624. The lowest BCUT2D eigenvalue weighted by Gasteiger charge is -2.07. The van der Waals surface area contributed by atoms with Crippen molar-refractivity contribution in [2.24, 2.45) is 0 Å². The summed E-state index contributed by atoms with van der Waals surface area (Å²) in [5, 5.41) is 20.7. The molecule has 2 aromatic rings. The molecule has 0 aromatic heterocycles. The Kier molecular flexibility index (Phi) is 1.84. The van der Waals surface area contributed by atoms with Crippen molar-refractivity contribution < 1.29 is 10.2 Å². The van der Waals surface area contributed by atoms with Crippen LogP contribution in [0.25, 0.3) is 10.8 Å². The molecule has 2 rings (SSSR count). The van der Waals surface area contributed by atoms with Gasteiger partial charge in [-0.2, -0.15) is 0 Å². The Morgan fingerprint density at radius 3 is 2.29 bits per heavy atom. The lowest BCUT2D eigenvalue weighted by molar-refractivity contribution is 0.469. The van der Waals surface area contributed by atoms with Crippen molar-refractivity contribution in [3.05, 3.63) is 35.4 Å². The predicted octanol–water partition coefficient (Wildman–Crippen LogP) is 2.87. The number of fused-ring (bicyclic) bond motifs is 1. The summed E-state index contributed by atoms with van der Waals surface area (Å²) in [7, 11) is 0. The summed E-state index contributed by atoms with van der Waals surface area (Å²) in [6.45, 7) is 3.89. The van der Waals surface area contributed by atoms with Crippen LogP contribution >= 0.6 is 0 Å². The van der Waals surface area contributed by atoms with Crippen molar-refractivity contribution in [1.29, 1.82) is 0 Å². The zero-order chi connectivity index (χ0) is 10.3. The summed E-state index contributed by atoms with van der Waals surface area (Å²) in [6, 6.07) is 6.88. The maximum Gasteiger partial charge on any atom is 0.123 e. The van der Waals surface area contributed by atoms with E-state index in [1.807, 2.05) is 26.0 Å². The number of rotatable bonds is 0. The van der Waals surface area contributed by atoms with E-state index in [4.69, 9.17) is 0 Å². The molecule has 0 amide bonds. The SMILES string of the molecule is Cc1cc(C)c2c(O)ccc(O)c2c1. The van der Waals surface area contributed by atoms with E-state index in [1.54, 1.807) is 0 Å². The van der Waals surface area contributed by atoms with Gasteiger partial charge >= 0.3 is 0 Å². The van der Waals surface area contributed by atoms with E-state index in [1.165, 1.54) is 12.1 Å². The van der Waals surface area contributed by atoms with E-state index in [0.717, 1.165) is 16.5 Å². The van der Waals surface area contributed by atoms with Crippen LogP contribution in [0.1, 0.15) is 11.1 Å². The van der Waals surface area contributed by atoms with Gasteiger partial charge < -0.3 is 10.2 Å². The minimum absolute atomic E-state index is 0.213. The summed E-state index contributed by atoms with van der Waals surface area (Å²) >= 11 is 0. The van der Waals surface area contributed by atoms with Crippen LogP contribution < -0.4 is 0 Å². The fourth-order valence-electron chi connectivity index (χ4n) is 1.84. The van der Waals surface area contributed by atoms with Gasteiger partial charge in [-0.15, -0.1) is 0 Å². The average molecular weight is 188 g/mol. The van der Waals surface area contributed by atoms with Crippen LogP contribution in [0.5, 0.6) is 11.5 Å². The van der Waals surface area contributed by atoms with Crippen LogP contribution in [0, 0.1) is 13.8 Å². The lowest BCUT2D eigenvalue weighted by Crippen LogP contribution is -1.83. The number of phenolic OH excluding ortho intramolecular Hbond substituents is 2. The summed E-state index contributed by atoms with van der Waals surface area (Å²) in [6.07, 6.45) is 0. The molecule has 72 valence electrons. The van der Waals surface area contributed by atoms with Crippen molar-refractivity contribution in [2.75, 3.05) is 0 Å². The van der Waals surface area contributed by atoms with Gasteiger partial charge in [0.25, 0.3) is 0 Å². The molecule has 0 fully saturated rings.